The Hall–Kier alpha value is -0.850. The van der Waals surface area contributed by atoms with Gasteiger partial charge in [-0.15, -0.1) is 0 Å². The van der Waals surface area contributed by atoms with Crippen molar-refractivity contribution in [2.45, 2.75) is 294 Å². The summed E-state index contributed by atoms with van der Waals surface area (Å²) >= 11 is 0. The fourth-order valence-electron chi connectivity index (χ4n) is 8.35. The first-order valence-corrected chi connectivity index (χ1v) is 25.4. The number of amides is 1. The predicted molar refractivity (Wildman–Crippen MR) is 253 cm³/mol. The van der Waals surface area contributed by atoms with Crippen LogP contribution in [0.2, 0.25) is 0 Å². The average molecular weight is 841 g/mol. The lowest BCUT2D eigenvalue weighted by molar-refractivity contribution is -0.123. The second-order valence-electron chi connectivity index (χ2n) is 19.2. The normalized spacial score (nSPS) is 16.1. The van der Waals surface area contributed by atoms with Gasteiger partial charge in [0.05, 0.1) is 24.7 Å². The number of nitrogens with two attached hydrogens (primary N) is 5. The Morgan fingerprint density at radius 3 is 1.07 bits per heavy atom. The van der Waals surface area contributed by atoms with E-state index < -0.39 is 24.4 Å². The van der Waals surface area contributed by atoms with E-state index in [-0.39, 0.29) is 24.7 Å². The molecule has 0 saturated carbocycles. The van der Waals surface area contributed by atoms with Gasteiger partial charge in [0.1, 0.15) is 0 Å². The molecular formula is C49H104N6O4. The lowest BCUT2D eigenvalue weighted by atomic mass is 9.95. The highest BCUT2D eigenvalue weighted by Gasteiger charge is 2.23. The standard InChI is InChI=1S/C49H104N6O4/c1-4-5-18-27-41(50)28-19-10-6-11-20-29-42(51)30-21-12-7-13-22-31-43(52)32-23-14-8-15-24-33-44(53)34-25-16-9-17-26-35-45(56)36-37-55-48(59)39-46(57)38-47(58)49(54)40(2)3/h40-47,49,56-58H,4-39,50-54H2,1-3H3,(H,55,59)/t41-,42+,43-,44+,45+,46+,47+,49-/m0/s1. The van der Waals surface area contributed by atoms with E-state index in [1.165, 1.54) is 161 Å². The number of aliphatic hydroxyl groups is 3. The number of aliphatic hydroxyl groups excluding tert-OH is 3. The number of hydrogen-bond acceptors (Lipinski definition) is 9. The minimum atomic E-state index is -0.937. The summed E-state index contributed by atoms with van der Waals surface area (Å²) in [6.45, 7) is 6.46. The first kappa shape index (κ1) is 58.1. The Balaban J connectivity index is 3.51. The molecule has 0 aliphatic heterocycles. The Morgan fingerprint density at radius 2 is 0.746 bits per heavy atom. The number of carbonyl (C=O) groups is 1. The van der Waals surface area contributed by atoms with Gasteiger partial charge >= 0.3 is 0 Å². The minimum absolute atomic E-state index is 0.0764. The quantitative estimate of drug-likeness (QED) is 0.0267. The van der Waals surface area contributed by atoms with Gasteiger partial charge in [0.15, 0.2) is 0 Å². The van der Waals surface area contributed by atoms with Crippen LogP contribution >= 0.6 is 0 Å². The maximum absolute atomic E-state index is 12.1. The molecule has 0 bridgehead atoms. The Bertz CT molecular complexity index is 901. The highest BCUT2D eigenvalue weighted by molar-refractivity contribution is 5.76. The maximum Gasteiger partial charge on any atom is 0.222 e. The highest BCUT2D eigenvalue weighted by Crippen LogP contribution is 2.18. The van der Waals surface area contributed by atoms with Gasteiger partial charge in [0.25, 0.3) is 0 Å². The van der Waals surface area contributed by atoms with Crippen LogP contribution in [0.15, 0.2) is 0 Å². The largest absolute Gasteiger partial charge is 0.393 e. The number of rotatable bonds is 45. The molecule has 0 aliphatic rings. The van der Waals surface area contributed by atoms with Crippen LogP contribution in [0.3, 0.4) is 0 Å². The number of carbonyl (C=O) groups excluding carboxylic acids is 1. The lowest BCUT2D eigenvalue weighted by Gasteiger charge is -2.24. The third kappa shape index (κ3) is 39.7. The van der Waals surface area contributed by atoms with Gasteiger partial charge in [-0.05, 0) is 70.1 Å². The van der Waals surface area contributed by atoms with E-state index >= 15 is 0 Å². The van der Waals surface area contributed by atoms with Gasteiger partial charge in [-0.3, -0.25) is 4.79 Å². The zero-order valence-corrected chi connectivity index (χ0v) is 39.3. The molecule has 0 heterocycles. The van der Waals surface area contributed by atoms with Gasteiger partial charge in [0, 0.05) is 43.2 Å². The molecule has 14 N–H and O–H groups in total. The molecule has 59 heavy (non-hydrogen) atoms. The summed E-state index contributed by atoms with van der Waals surface area (Å²) in [5, 5.41) is 33.2. The third-order valence-corrected chi connectivity index (χ3v) is 12.7. The summed E-state index contributed by atoms with van der Waals surface area (Å²) in [6, 6.07) is 1.03. The minimum Gasteiger partial charge on any atom is -0.393 e. The smallest absolute Gasteiger partial charge is 0.222 e. The fraction of sp³-hybridized carbons (Fsp3) is 0.980. The van der Waals surface area contributed by atoms with Crippen molar-refractivity contribution in [2.24, 2.45) is 34.6 Å². The van der Waals surface area contributed by atoms with E-state index in [1.807, 2.05) is 13.8 Å². The molecule has 354 valence electrons. The van der Waals surface area contributed by atoms with E-state index in [0.717, 1.165) is 44.9 Å². The van der Waals surface area contributed by atoms with Crippen LogP contribution in [0.5, 0.6) is 0 Å². The number of unbranched alkanes of at least 4 members (excludes halogenated alkanes) is 18. The topological polar surface area (TPSA) is 220 Å². The van der Waals surface area contributed by atoms with Gasteiger partial charge < -0.3 is 49.3 Å². The molecule has 0 spiro atoms. The lowest BCUT2D eigenvalue weighted by Crippen LogP contribution is -2.41. The zero-order valence-electron chi connectivity index (χ0n) is 39.3. The molecule has 0 rings (SSSR count). The molecule has 0 fully saturated rings. The molecule has 0 aromatic rings. The summed E-state index contributed by atoms with van der Waals surface area (Å²) in [4.78, 5) is 12.1. The first-order chi connectivity index (χ1) is 28.3. The second-order valence-corrected chi connectivity index (χ2v) is 19.2. The maximum atomic E-state index is 12.1. The van der Waals surface area contributed by atoms with Crippen LogP contribution in [0.1, 0.15) is 245 Å². The van der Waals surface area contributed by atoms with Crippen molar-refractivity contribution in [1.29, 1.82) is 0 Å². The van der Waals surface area contributed by atoms with Crippen LogP contribution in [0, 0.1) is 5.92 Å². The van der Waals surface area contributed by atoms with Crippen LogP contribution in [0.25, 0.3) is 0 Å². The van der Waals surface area contributed by atoms with Crippen LogP contribution in [0.4, 0.5) is 0 Å². The SMILES string of the molecule is CCCCC[C@H](N)CCCCCCC[C@@H](N)CCCCCCC[C@H](N)CCCCCCC[C@@H](N)CCCCCCC[C@@H](O)CCNC(=O)C[C@H](O)C[C@@H](O)[C@@H](N)C(C)C. The van der Waals surface area contributed by atoms with Crippen molar-refractivity contribution in [1.82, 2.24) is 5.32 Å². The molecular weight excluding hydrogens is 737 g/mol. The van der Waals surface area contributed by atoms with Gasteiger partial charge in [-0.2, -0.15) is 0 Å². The van der Waals surface area contributed by atoms with E-state index in [1.54, 1.807) is 0 Å². The van der Waals surface area contributed by atoms with E-state index in [2.05, 4.69) is 12.2 Å². The average Bonchev–Trinajstić information content (AvgIpc) is 3.18. The van der Waals surface area contributed by atoms with Crippen molar-refractivity contribution >= 4 is 5.91 Å². The second kappa shape index (κ2) is 41.2. The number of nitrogens with one attached hydrogen (secondary N) is 1. The predicted octanol–water partition coefficient (Wildman–Crippen LogP) is 9.15. The van der Waals surface area contributed by atoms with Crippen molar-refractivity contribution in [3.8, 4) is 0 Å². The Labute approximate surface area is 365 Å². The fourth-order valence-corrected chi connectivity index (χ4v) is 8.35. The molecule has 8 atom stereocenters. The molecule has 1 amide bonds. The summed E-state index contributed by atoms with van der Waals surface area (Å²) in [7, 11) is 0. The monoisotopic (exact) mass is 841 g/mol. The molecule has 0 unspecified atom stereocenters. The molecule has 0 aliphatic carbocycles. The highest BCUT2D eigenvalue weighted by atomic mass is 16.3. The molecule has 10 heteroatoms. The first-order valence-electron chi connectivity index (χ1n) is 25.4. The van der Waals surface area contributed by atoms with Gasteiger partial charge in [-0.25, -0.2) is 0 Å². The Morgan fingerprint density at radius 1 is 0.441 bits per heavy atom. The van der Waals surface area contributed by atoms with Crippen molar-refractivity contribution < 1.29 is 20.1 Å². The molecule has 0 aromatic heterocycles. The zero-order chi connectivity index (χ0) is 43.9. The summed E-state index contributed by atoms with van der Waals surface area (Å²) in [5.41, 5.74) is 31.4. The van der Waals surface area contributed by atoms with Crippen molar-refractivity contribution in [2.75, 3.05) is 6.54 Å². The molecule has 0 saturated heterocycles. The van der Waals surface area contributed by atoms with E-state index in [9.17, 15) is 20.1 Å². The molecule has 0 radical (unpaired) electrons. The van der Waals surface area contributed by atoms with Crippen molar-refractivity contribution in [3.63, 3.8) is 0 Å². The molecule has 0 aromatic carbocycles. The summed E-state index contributed by atoms with van der Waals surface area (Å²) in [6.07, 6.45) is 37.1. The van der Waals surface area contributed by atoms with Crippen LogP contribution < -0.4 is 34.0 Å². The van der Waals surface area contributed by atoms with Crippen LogP contribution in [-0.4, -0.2) is 76.3 Å². The summed E-state index contributed by atoms with van der Waals surface area (Å²) < 4.78 is 0. The molecule has 10 nitrogen and oxygen atoms in total. The van der Waals surface area contributed by atoms with E-state index in [4.69, 9.17) is 28.7 Å². The van der Waals surface area contributed by atoms with E-state index in [0.29, 0.717) is 37.1 Å². The van der Waals surface area contributed by atoms with Crippen LogP contribution in [-0.2, 0) is 4.79 Å². The third-order valence-electron chi connectivity index (χ3n) is 12.7. The number of hydrogen-bond donors (Lipinski definition) is 9. The van der Waals surface area contributed by atoms with Gasteiger partial charge in [0.2, 0.25) is 5.91 Å². The van der Waals surface area contributed by atoms with Gasteiger partial charge in [-0.1, -0.05) is 168 Å². The van der Waals surface area contributed by atoms with Crippen molar-refractivity contribution in [3.05, 3.63) is 0 Å². The summed E-state index contributed by atoms with van der Waals surface area (Å²) in [5.74, 6) is -0.183. The Kier molecular flexibility index (Phi) is 40.6.